The highest BCUT2D eigenvalue weighted by Crippen LogP contribution is 2.32. The Bertz CT molecular complexity index is 1130. The maximum absolute atomic E-state index is 13.0. The molecule has 1 heterocycles. The van der Waals surface area contributed by atoms with Gasteiger partial charge in [0.15, 0.2) is 0 Å². The number of amides is 1. The molecule has 0 aliphatic heterocycles. The fourth-order valence-corrected chi connectivity index (χ4v) is 3.61. The monoisotopic (exact) mass is 438 g/mol. The van der Waals surface area contributed by atoms with Crippen LogP contribution in [0.25, 0.3) is 11.3 Å². The Balaban J connectivity index is 1.98. The van der Waals surface area contributed by atoms with Crippen molar-refractivity contribution in [3.8, 4) is 17.0 Å². The molecular formula is C24H23ClN2O4. The standard InChI is InChI=1S/C24H23ClN2O4/c1-14-7-6-9-16(15(14)2)23-21(31-3)12-11-19(26-23)24(30)27-20(13-22(28)29)17-8-4-5-10-18(17)25/h4-12,20H,13H2,1-3H3,(H,27,30)(H,28,29)/t20-/m0/s1. The molecule has 6 nitrogen and oxygen atoms in total. The third-order valence-electron chi connectivity index (χ3n) is 5.14. The minimum absolute atomic E-state index is 0.152. The number of carbonyl (C=O) groups excluding carboxylic acids is 1. The van der Waals surface area contributed by atoms with E-state index in [9.17, 15) is 14.7 Å². The first-order chi connectivity index (χ1) is 14.8. The Kier molecular flexibility index (Phi) is 6.92. The van der Waals surface area contributed by atoms with E-state index in [1.165, 1.54) is 0 Å². The number of hydrogen-bond donors (Lipinski definition) is 2. The maximum Gasteiger partial charge on any atom is 0.305 e. The predicted octanol–water partition coefficient (Wildman–Crippen LogP) is 4.97. The second-order valence-electron chi connectivity index (χ2n) is 7.14. The highest BCUT2D eigenvalue weighted by molar-refractivity contribution is 6.31. The normalized spacial score (nSPS) is 11.6. The summed E-state index contributed by atoms with van der Waals surface area (Å²) in [5.74, 6) is -1.01. The number of carboxylic acids is 1. The summed E-state index contributed by atoms with van der Waals surface area (Å²) in [7, 11) is 1.55. The van der Waals surface area contributed by atoms with Gasteiger partial charge in [0.25, 0.3) is 5.91 Å². The summed E-state index contributed by atoms with van der Waals surface area (Å²) in [4.78, 5) is 28.9. The number of rotatable bonds is 7. The first-order valence-corrected chi connectivity index (χ1v) is 10.1. The van der Waals surface area contributed by atoms with Crippen molar-refractivity contribution < 1.29 is 19.4 Å². The minimum atomic E-state index is -1.05. The van der Waals surface area contributed by atoms with E-state index in [2.05, 4.69) is 10.3 Å². The van der Waals surface area contributed by atoms with Crippen LogP contribution in [0.3, 0.4) is 0 Å². The van der Waals surface area contributed by atoms with Crippen LogP contribution in [0.2, 0.25) is 5.02 Å². The van der Waals surface area contributed by atoms with E-state index in [1.54, 1.807) is 43.5 Å². The molecule has 0 radical (unpaired) electrons. The number of nitrogens with zero attached hydrogens (tertiary/aromatic N) is 1. The number of pyridine rings is 1. The van der Waals surface area contributed by atoms with Crippen LogP contribution in [-0.4, -0.2) is 29.1 Å². The van der Waals surface area contributed by atoms with Crippen molar-refractivity contribution in [2.24, 2.45) is 0 Å². The van der Waals surface area contributed by atoms with E-state index >= 15 is 0 Å². The first kappa shape index (κ1) is 22.3. The van der Waals surface area contributed by atoms with E-state index in [-0.39, 0.29) is 12.1 Å². The summed E-state index contributed by atoms with van der Waals surface area (Å²) in [6.45, 7) is 3.99. The van der Waals surface area contributed by atoms with Gasteiger partial charge in [-0.05, 0) is 48.7 Å². The van der Waals surface area contributed by atoms with E-state index in [0.29, 0.717) is 22.0 Å². The zero-order valence-electron chi connectivity index (χ0n) is 17.5. The van der Waals surface area contributed by atoms with Crippen LogP contribution >= 0.6 is 11.6 Å². The lowest BCUT2D eigenvalue weighted by Crippen LogP contribution is -2.31. The first-order valence-electron chi connectivity index (χ1n) is 9.70. The number of ether oxygens (including phenoxy) is 1. The molecule has 2 N–H and O–H groups in total. The highest BCUT2D eigenvalue weighted by Gasteiger charge is 2.23. The number of aryl methyl sites for hydroxylation is 1. The fraction of sp³-hybridized carbons (Fsp3) is 0.208. The number of hydrogen-bond acceptors (Lipinski definition) is 4. The summed E-state index contributed by atoms with van der Waals surface area (Å²) in [5, 5.41) is 12.4. The zero-order valence-corrected chi connectivity index (χ0v) is 18.2. The van der Waals surface area contributed by atoms with Crippen molar-refractivity contribution in [2.75, 3.05) is 7.11 Å². The minimum Gasteiger partial charge on any atom is -0.494 e. The van der Waals surface area contributed by atoms with Gasteiger partial charge in [0.1, 0.15) is 17.1 Å². The summed E-state index contributed by atoms with van der Waals surface area (Å²) < 4.78 is 5.46. The number of methoxy groups -OCH3 is 1. The summed E-state index contributed by atoms with van der Waals surface area (Å²) in [6, 6.07) is 15.1. The van der Waals surface area contributed by atoms with Gasteiger partial charge in [0, 0.05) is 10.6 Å². The molecule has 7 heteroatoms. The number of carboxylic acid groups (broad SMARTS) is 1. The number of carbonyl (C=O) groups is 2. The molecule has 3 aromatic rings. The van der Waals surface area contributed by atoms with Crippen LogP contribution in [0.4, 0.5) is 0 Å². The molecule has 1 aromatic heterocycles. The van der Waals surface area contributed by atoms with E-state index in [0.717, 1.165) is 16.7 Å². The van der Waals surface area contributed by atoms with Crippen molar-refractivity contribution in [2.45, 2.75) is 26.3 Å². The topological polar surface area (TPSA) is 88.5 Å². The number of nitrogens with one attached hydrogen (secondary N) is 1. The van der Waals surface area contributed by atoms with Gasteiger partial charge in [-0.1, -0.05) is 48.0 Å². The molecule has 2 aromatic carbocycles. The smallest absolute Gasteiger partial charge is 0.305 e. The number of aromatic nitrogens is 1. The molecule has 0 bridgehead atoms. The van der Waals surface area contributed by atoms with Gasteiger partial charge in [-0.2, -0.15) is 0 Å². The predicted molar refractivity (Wildman–Crippen MR) is 120 cm³/mol. The Labute approximate surface area is 185 Å². The maximum atomic E-state index is 13.0. The Morgan fingerprint density at radius 1 is 1.10 bits per heavy atom. The second kappa shape index (κ2) is 9.62. The Morgan fingerprint density at radius 2 is 1.84 bits per heavy atom. The van der Waals surface area contributed by atoms with Crippen molar-refractivity contribution in [3.05, 3.63) is 82.0 Å². The molecule has 0 saturated carbocycles. The average Bonchev–Trinajstić information content (AvgIpc) is 2.74. The molecule has 0 spiro atoms. The summed E-state index contributed by atoms with van der Waals surface area (Å²) in [6.07, 6.45) is -0.310. The van der Waals surface area contributed by atoms with Crippen LogP contribution in [0.5, 0.6) is 5.75 Å². The highest BCUT2D eigenvalue weighted by atomic mass is 35.5. The third kappa shape index (κ3) is 5.03. The molecule has 0 aliphatic carbocycles. The van der Waals surface area contributed by atoms with E-state index < -0.39 is 17.9 Å². The number of aliphatic carboxylic acids is 1. The van der Waals surface area contributed by atoms with Gasteiger partial charge in [-0.15, -0.1) is 0 Å². The van der Waals surface area contributed by atoms with Gasteiger partial charge < -0.3 is 15.2 Å². The summed E-state index contributed by atoms with van der Waals surface area (Å²) >= 11 is 6.23. The number of halogens is 1. The van der Waals surface area contributed by atoms with Crippen molar-refractivity contribution in [1.29, 1.82) is 0 Å². The van der Waals surface area contributed by atoms with Crippen LogP contribution in [0.1, 0.15) is 39.6 Å². The van der Waals surface area contributed by atoms with Gasteiger partial charge in [0.2, 0.25) is 0 Å². The molecule has 0 unspecified atom stereocenters. The molecule has 0 aliphatic rings. The Morgan fingerprint density at radius 3 is 2.52 bits per heavy atom. The lowest BCUT2D eigenvalue weighted by molar-refractivity contribution is -0.137. The van der Waals surface area contributed by atoms with Crippen molar-refractivity contribution in [1.82, 2.24) is 10.3 Å². The lowest BCUT2D eigenvalue weighted by atomic mass is 9.99. The second-order valence-corrected chi connectivity index (χ2v) is 7.55. The van der Waals surface area contributed by atoms with Crippen LogP contribution < -0.4 is 10.1 Å². The molecule has 0 fully saturated rings. The SMILES string of the molecule is COc1ccc(C(=O)N[C@@H](CC(=O)O)c2ccccc2Cl)nc1-c1cccc(C)c1C. The molecule has 3 rings (SSSR count). The summed E-state index contributed by atoms with van der Waals surface area (Å²) in [5.41, 5.74) is 4.22. The zero-order chi connectivity index (χ0) is 22.5. The molecular weight excluding hydrogens is 416 g/mol. The van der Waals surface area contributed by atoms with Crippen molar-refractivity contribution >= 4 is 23.5 Å². The largest absolute Gasteiger partial charge is 0.494 e. The number of benzene rings is 2. The quantitative estimate of drug-likeness (QED) is 0.543. The molecule has 31 heavy (non-hydrogen) atoms. The fourth-order valence-electron chi connectivity index (χ4n) is 3.34. The van der Waals surface area contributed by atoms with Gasteiger partial charge in [0.05, 0.1) is 19.6 Å². The third-order valence-corrected chi connectivity index (χ3v) is 5.48. The molecule has 1 amide bonds. The van der Waals surface area contributed by atoms with Gasteiger partial charge in [-0.25, -0.2) is 4.98 Å². The Hall–Kier alpha value is -3.38. The molecule has 0 saturated heterocycles. The van der Waals surface area contributed by atoms with E-state index in [4.69, 9.17) is 16.3 Å². The van der Waals surface area contributed by atoms with Gasteiger partial charge in [-0.3, -0.25) is 9.59 Å². The molecule has 160 valence electrons. The van der Waals surface area contributed by atoms with E-state index in [1.807, 2.05) is 32.0 Å². The average molecular weight is 439 g/mol. The molecule has 1 atom stereocenters. The van der Waals surface area contributed by atoms with Crippen LogP contribution in [0, 0.1) is 13.8 Å². The van der Waals surface area contributed by atoms with Crippen molar-refractivity contribution in [3.63, 3.8) is 0 Å². The van der Waals surface area contributed by atoms with Crippen LogP contribution in [0.15, 0.2) is 54.6 Å². The lowest BCUT2D eigenvalue weighted by Gasteiger charge is -2.19. The van der Waals surface area contributed by atoms with Gasteiger partial charge >= 0.3 is 5.97 Å². The van der Waals surface area contributed by atoms with Crippen LogP contribution in [-0.2, 0) is 4.79 Å².